The van der Waals surface area contributed by atoms with Crippen LogP contribution in [-0.4, -0.2) is 11.9 Å². The Morgan fingerprint density at radius 3 is 3.08 bits per heavy atom. The molecule has 1 rings (SSSR count). The Balaban J connectivity index is 2.39. The molecule has 0 aromatic rings. The van der Waals surface area contributed by atoms with Crippen LogP contribution in [0.15, 0.2) is 36.3 Å². The fraction of sp³-hybridized carbons (Fsp3) is 0.222. The lowest BCUT2D eigenvalue weighted by Crippen LogP contribution is -2.23. The third-order valence-corrected chi connectivity index (χ3v) is 1.58. The zero-order valence-corrected chi connectivity index (χ0v) is 7.54. The molecule has 0 fully saturated rings. The van der Waals surface area contributed by atoms with E-state index in [1.165, 1.54) is 6.08 Å². The van der Waals surface area contributed by atoms with Crippen molar-refractivity contribution in [3.05, 3.63) is 36.3 Å². The van der Waals surface area contributed by atoms with Crippen molar-refractivity contribution in [2.75, 3.05) is 0 Å². The Morgan fingerprint density at radius 2 is 2.54 bits per heavy atom. The van der Waals surface area contributed by atoms with Crippen LogP contribution in [0.3, 0.4) is 0 Å². The minimum absolute atomic E-state index is 0.0363. The SMILES string of the molecule is CC1C=CC(N/C=C\C(=N)N)=CN1. The maximum atomic E-state index is 6.94. The van der Waals surface area contributed by atoms with Crippen LogP contribution < -0.4 is 16.4 Å². The zero-order valence-electron chi connectivity index (χ0n) is 7.54. The summed E-state index contributed by atoms with van der Waals surface area (Å²) in [7, 11) is 0. The Hall–Kier alpha value is -1.71. The van der Waals surface area contributed by atoms with E-state index in [4.69, 9.17) is 11.1 Å². The van der Waals surface area contributed by atoms with Gasteiger partial charge in [0.15, 0.2) is 0 Å². The lowest BCUT2D eigenvalue weighted by molar-refractivity contribution is 0.745. The van der Waals surface area contributed by atoms with E-state index in [0.717, 1.165) is 5.70 Å². The van der Waals surface area contributed by atoms with Crippen LogP contribution in [-0.2, 0) is 0 Å². The van der Waals surface area contributed by atoms with Crippen molar-refractivity contribution in [3.8, 4) is 0 Å². The van der Waals surface area contributed by atoms with Gasteiger partial charge in [-0.15, -0.1) is 0 Å². The van der Waals surface area contributed by atoms with E-state index in [1.807, 2.05) is 18.4 Å². The Labute approximate surface area is 77.7 Å². The second-order valence-corrected chi connectivity index (χ2v) is 2.85. The van der Waals surface area contributed by atoms with Gasteiger partial charge in [-0.3, -0.25) is 5.41 Å². The van der Waals surface area contributed by atoms with Gasteiger partial charge in [-0.1, -0.05) is 6.08 Å². The van der Waals surface area contributed by atoms with E-state index in [0.29, 0.717) is 6.04 Å². The number of hydrogen-bond acceptors (Lipinski definition) is 3. The van der Waals surface area contributed by atoms with E-state index in [9.17, 15) is 0 Å². The monoisotopic (exact) mass is 178 g/mol. The van der Waals surface area contributed by atoms with Crippen molar-refractivity contribution in [2.24, 2.45) is 5.73 Å². The first-order valence-corrected chi connectivity index (χ1v) is 4.10. The van der Waals surface area contributed by atoms with Crippen LogP contribution in [0, 0.1) is 5.41 Å². The number of rotatable bonds is 3. The summed E-state index contributed by atoms with van der Waals surface area (Å²) >= 11 is 0. The maximum Gasteiger partial charge on any atom is 0.116 e. The third-order valence-electron chi connectivity index (χ3n) is 1.58. The smallest absolute Gasteiger partial charge is 0.116 e. The van der Waals surface area contributed by atoms with E-state index in [-0.39, 0.29) is 5.84 Å². The van der Waals surface area contributed by atoms with Gasteiger partial charge in [0.1, 0.15) is 5.84 Å². The Bertz CT molecular complexity index is 275. The molecule has 70 valence electrons. The fourth-order valence-electron chi connectivity index (χ4n) is 0.890. The molecule has 1 atom stereocenters. The minimum atomic E-state index is 0.0363. The van der Waals surface area contributed by atoms with E-state index in [1.54, 1.807) is 6.20 Å². The summed E-state index contributed by atoms with van der Waals surface area (Å²) in [6, 6.07) is 0.377. The van der Waals surface area contributed by atoms with Crippen LogP contribution in [0.4, 0.5) is 0 Å². The number of nitrogens with two attached hydrogens (primary N) is 1. The van der Waals surface area contributed by atoms with Crippen molar-refractivity contribution < 1.29 is 0 Å². The summed E-state index contributed by atoms with van der Waals surface area (Å²) in [5.74, 6) is 0.0363. The highest BCUT2D eigenvalue weighted by atomic mass is 14.9. The molecule has 1 aliphatic rings. The average molecular weight is 178 g/mol. The first-order valence-electron chi connectivity index (χ1n) is 4.10. The fourth-order valence-corrected chi connectivity index (χ4v) is 0.890. The molecule has 0 aromatic heterocycles. The van der Waals surface area contributed by atoms with Gasteiger partial charge in [0.05, 0.1) is 5.70 Å². The number of amidine groups is 1. The van der Waals surface area contributed by atoms with Gasteiger partial charge < -0.3 is 16.4 Å². The molecule has 1 aliphatic heterocycles. The van der Waals surface area contributed by atoms with Gasteiger partial charge in [-0.05, 0) is 19.1 Å². The van der Waals surface area contributed by atoms with Crippen molar-refractivity contribution >= 4 is 5.84 Å². The van der Waals surface area contributed by atoms with Crippen LogP contribution in [0.25, 0.3) is 0 Å². The predicted molar refractivity (Wildman–Crippen MR) is 54.0 cm³/mol. The molecular formula is C9H14N4. The van der Waals surface area contributed by atoms with Crippen LogP contribution >= 0.6 is 0 Å². The molecule has 0 radical (unpaired) electrons. The molecule has 0 saturated carbocycles. The maximum absolute atomic E-state index is 6.94. The highest BCUT2D eigenvalue weighted by Crippen LogP contribution is 1.99. The van der Waals surface area contributed by atoms with E-state index >= 15 is 0 Å². The van der Waals surface area contributed by atoms with Crippen molar-refractivity contribution in [2.45, 2.75) is 13.0 Å². The van der Waals surface area contributed by atoms with Crippen molar-refractivity contribution in [1.82, 2.24) is 10.6 Å². The van der Waals surface area contributed by atoms with Gasteiger partial charge in [-0.2, -0.15) is 0 Å². The highest BCUT2D eigenvalue weighted by molar-refractivity contribution is 5.88. The van der Waals surface area contributed by atoms with Crippen LogP contribution in [0.2, 0.25) is 0 Å². The minimum Gasteiger partial charge on any atom is -0.384 e. The Kier molecular flexibility index (Phi) is 3.14. The normalized spacial score (nSPS) is 21.0. The summed E-state index contributed by atoms with van der Waals surface area (Å²) < 4.78 is 0. The van der Waals surface area contributed by atoms with Crippen molar-refractivity contribution in [3.63, 3.8) is 0 Å². The number of dihydropyridines is 1. The average Bonchev–Trinajstić information content (AvgIpc) is 2.08. The summed E-state index contributed by atoms with van der Waals surface area (Å²) in [5.41, 5.74) is 6.09. The van der Waals surface area contributed by atoms with Gasteiger partial charge in [0.25, 0.3) is 0 Å². The molecule has 5 N–H and O–H groups in total. The first kappa shape index (κ1) is 9.38. The molecule has 0 spiro atoms. The Morgan fingerprint density at radius 1 is 1.77 bits per heavy atom. The molecule has 0 saturated heterocycles. The lowest BCUT2D eigenvalue weighted by atomic mass is 10.2. The van der Waals surface area contributed by atoms with Gasteiger partial charge in [-0.25, -0.2) is 0 Å². The molecule has 0 bridgehead atoms. The standard InChI is InChI=1S/C9H14N4/c1-7-2-3-8(6-13-7)12-5-4-9(10)11/h2-7,12-13H,1H3,(H3,10,11)/b5-4-. The zero-order chi connectivity index (χ0) is 9.68. The first-order chi connectivity index (χ1) is 6.18. The van der Waals surface area contributed by atoms with Gasteiger partial charge in [0.2, 0.25) is 0 Å². The number of nitrogens with one attached hydrogen (secondary N) is 3. The largest absolute Gasteiger partial charge is 0.384 e. The topological polar surface area (TPSA) is 73.9 Å². The molecule has 0 aliphatic carbocycles. The quantitative estimate of drug-likeness (QED) is 0.373. The highest BCUT2D eigenvalue weighted by Gasteiger charge is 1.99. The van der Waals surface area contributed by atoms with Crippen LogP contribution in [0.1, 0.15) is 6.92 Å². The lowest BCUT2D eigenvalue weighted by Gasteiger charge is -2.13. The molecule has 4 nitrogen and oxygen atoms in total. The predicted octanol–water partition coefficient (Wildman–Crippen LogP) is 0.415. The van der Waals surface area contributed by atoms with Gasteiger partial charge in [0, 0.05) is 18.4 Å². The van der Waals surface area contributed by atoms with E-state index < -0.39 is 0 Å². The number of hydrogen-bond donors (Lipinski definition) is 4. The molecule has 1 unspecified atom stereocenters. The molecule has 0 aromatic carbocycles. The summed E-state index contributed by atoms with van der Waals surface area (Å²) in [4.78, 5) is 0. The molecule has 0 amide bonds. The van der Waals surface area contributed by atoms with Crippen molar-refractivity contribution in [1.29, 1.82) is 5.41 Å². The molecule has 4 heteroatoms. The molecular weight excluding hydrogens is 164 g/mol. The van der Waals surface area contributed by atoms with Crippen LogP contribution in [0.5, 0.6) is 0 Å². The number of allylic oxidation sites excluding steroid dienone is 1. The third kappa shape index (κ3) is 3.46. The van der Waals surface area contributed by atoms with E-state index in [2.05, 4.69) is 17.6 Å². The van der Waals surface area contributed by atoms with Gasteiger partial charge >= 0.3 is 0 Å². The summed E-state index contributed by atoms with van der Waals surface area (Å²) in [5, 5.41) is 13.1. The molecule has 1 heterocycles. The molecule has 13 heavy (non-hydrogen) atoms. The second-order valence-electron chi connectivity index (χ2n) is 2.85. The second kappa shape index (κ2) is 4.35. The summed E-state index contributed by atoms with van der Waals surface area (Å²) in [6.07, 6.45) is 9.04. The summed E-state index contributed by atoms with van der Waals surface area (Å²) in [6.45, 7) is 2.06.